The summed E-state index contributed by atoms with van der Waals surface area (Å²) < 4.78 is 16.2. The van der Waals surface area contributed by atoms with Gasteiger partial charge in [0.2, 0.25) is 0 Å². The second-order valence-corrected chi connectivity index (χ2v) is 6.20. The summed E-state index contributed by atoms with van der Waals surface area (Å²) in [6, 6.07) is 13.4. The first-order valence-corrected chi connectivity index (χ1v) is 8.82. The van der Waals surface area contributed by atoms with E-state index in [4.69, 9.17) is 9.47 Å². The third-order valence-electron chi connectivity index (χ3n) is 4.42. The summed E-state index contributed by atoms with van der Waals surface area (Å²) >= 11 is 0. The van der Waals surface area contributed by atoms with Gasteiger partial charge in [-0.1, -0.05) is 6.07 Å². The molecule has 0 saturated heterocycles. The van der Waals surface area contributed by atoms with E-state index in [-0.39, 0.29) is 5.97 Å². The first-order chi connectivity index (χ1) is 12.3. The maximum Gasteiger partial charge on any atom is 0.337 e. The summed E-state index contributed by atoms with van der Waals surface area (Å²) in [4.78, 5) is 11.4. The zero-order valence-corrected chi connectivity index (χ0v) is 14.6. The molecule has 4 nitrogen and oxygen atoms in total. The number of esters is 1. The van der Waals surface area contributed by atoms with Crippen molar-refractivity contribution < 1.29 is 19.0 Å². The van der Waals surface area contributed by atoms with Crippen molar-refractivity contribution in [3.63, 3.8) is 0 Å². The van der Waals surface area contributed by atoms with Crippen LogP contribution in [0.4, 0.5) is 0 Å². The van der Waals surface area contributed by atoms with E-state index in [1.54, 1.807) is 24.3 Å². The highest BCUT2D eigenvalue weighted by molar-refractivity contribution is 5.89. The van der Waals surface area contributed by atoms with Gasteiger partial charge in [-0.05, 0) is 73.2 Å². The van der Waals surface area contributed by atoms with Crippen molar-refractivity contribution in [3.05, 3.63) is 59.2 Å². The zero-order valence-electron chi connectivity index (χ0n) is 14.6. The lowest BCUT2D eigenvalue weighted by molar-refractivity contribution is 0.0600. The van der Waals surface area contributed by atoms with Gasteiger partial charge in [0.1, 0.15) is 11.5 Å². The molecule has 0 radical (unpaired) electrons. The van der Waals surface area contributed by atoms with Gasteiger partial charge in [-0.2, -0.15) is 0 Å². The molecule has 132 valence electrons. The summed E-state index contributed by atoms with van der Waals surface area (Å²) in [6.45, 7) is 1.20. The smallest absolute Gasteiger partial charge is 0.337 e. The molecule has 0 amide bonds. The van der Waals surface area contributed by atoms with E-state index in [1.165, 1.54) is 37.5 Å². The van der Waals surface area contributed by atoms with Crippen LogP contribution in [-0.2, 0) is 17.6 Å². The van der Waals surface area contributed by atoms with Crippen LogP contribution in [0.25, 0.3) is 0 Å². The minimum atomic E-state index is -0.343. The Kier molecular flexibility index (Phi) is 5.94. The standard InChI is InChI=1S/C21H24O4/c1-23-21(22)17-8-10-19(11-9-17)24-13-4-14-25-20-12-7-16-5-2-3-6-18(16)15-20/h7-12,15H,2-6,13-14H2,1H3. The van der Waals surface area contributed by atoms with Crippen molar-refractivity contribution in [2.45, 2.75) is 32.1 Å². The average Bonchev–Trinajstić information content (AvgIpc) is 2.67. The molecular weight excluding hydrogens is 316 g/mol. The Morgan fingerprint density at radius 2 is 1.52 bits per heavy atom. The van der Waals surface area contributed by atoms with E-state index < -0.39 is 0 Å². The molecule has 0 bridgehead atoms. The van der Waals surface area contributed by atoms with Crippen molar-refractivity contribution >= 4 is 5.97 Å². The van der Waals surface area contributed by atoms with Gasteiger partial charge >= 0.3 is 5.97 Å². The molecule has 2 aromatic carbocycles. The van der Waals surface area contributed by atoms with Crippen molar-refractivity contribution in [3.8, 4) is 11.5 Å². The fourth-order valence-corrected chi connectivity index (χ4v) is 3.04. The van der Waals surface area contributed by atoms with Crippen LogP contribution in [0.1, 0.15) is 40.7 Å². The van der Waals surface area contributed by atoms with Gasteiger partial charge in [-0.15, -0.1) is 0 Å². The highest BCUT2D eigenvalue weighted by Gasteiger charge is 2.09. The van der Waals surface area contributed by atoms with E-state index in [0.29, 0.717) is 18.8 Å². The first-order valence-electron chi connectivity index (χ1n) is 8.82. The fourth-order valence-electron chi connectivity index (χ4n) is 3.04. The van der Waals surface area contributed by atoms with Gasteiger partial charge in [0.15, 0.2) is 0 Å². The molecule has 1 aliphatic rings. The van der Waals surface area contributed by atoms with E-state index in [9.17, 15) is 4.79 Å². The Morgan fingerprint density at radius 1 is 0.880 bits per heavy atom. The van der Waals surface area contributed by atoms with Gasteiger partial charge in [0.25, 0.3) is 0 Å². The minimum absolute atomic E-state index is 0.343. The lowest BCUT2D eigenvalue weighted by Crippen LogP contribution is -2.07. The minimum Gasteiger partial charge on any atom is -0.493 e. The number of methoxy groups -OCH3 is 1. The maximum absolute atomic E-state index is 11.4. The molecule has 0 atom stereocenters. The lowest BCUT2D eigenvalue weighted by atomic mass is 9.92. The Hall–Kier alpha value is -2.49. The molecule has 0 aliphatic heterocycles. The molecule has 0 heterocycles. The lowest BCUT2D eigenvalue weighted by Gasteiger charge is -2.16. The van der Waals surface area contributed by atoms with Gasteiger partial charge in [0.05, 0.1) is 25.9 Å². The predicted octanol–water partition coefficient (Wildman–Crippen LogP) is 4.20. The molecule has 0 fully saturated rings. The third kappa shape index (κ3) is 4.75. The van der Waals surface area contributed by atoms with E-state index in [1.807, 2.05) is 0 Å². The average molecular weight is 340 g/mol. The SMILES string of the molecule is COC(=O)c1ccc(OCCCOc2ccc3c(c2)CCCC3)cc1. The summed E-state index contributed by atoms with van der Waals surface area (Å²) in [5, 5.41) is 0. The maximum atomic E-state index is 11.4. The number of hydrogen-bond acceptors (Lipinski definition) is 4. The van der Waals surface area contributed by atoms with Crippen LogP contribution >= 0.6 is 0 Å². The predicted molar refractivity (Wildman–Crippen MR) is 96.5 cm³/mol. The molecule has 25 heavy (non-hydrogen) atoms. The molecule has 0 N–H and O–H groups in total. The summed E-state index contributed by atoms with van der Waals surface area (Å²) in [5.41, 5.74) is 3.42. The number of carbonyl (C=O) groups excluding carboxylic acids is 1. The topological polar surface area (TPSA) is 44.8 Å². The number of carbonyl (C=O) groups is 1. The molecule has 0 unspecified atom stereocenters. The third-order valence-corrected chi connectivity index (χ3v) is 4.42. The number of hydrogen-bond donors (Lipinski definition) is 0. The van der Waals surface area contributed by atoms with Crippen LogP contribution in [0.15, 0.2) is 42.5 Å². The summed E-state index contributed by atoms with van der Waals surface area (Å²) in [6.07, 6.45) is 5.73. The van der Waals surface area contributed by atoms with Crippen molar-refractivity contribution in [2.75, 3.05) is 20.3 Å². The molecule has 4 heteroatoms. The van der Waals surface area contributed by atoms with Gasteiger partial charge in [-0.3, -0.25) is 0 Å². The van der Waals surface area contributed by atoms with Crippen LogP contribution in [0.5, 0.6) is 11.5 Å². The molecule has 0 saturated carbocycles. The molecule has 0 spiro atoms. The molecule has 0 aromatic heterocycles. The zero-order chi connectivity index (χ0) is 17.5. The number of ether oxygens (including phenoxy) is 3. The molecule has 3 rings (SSSR count). The molecular formula is C21H24O4. The summed E-state index contributed by atoms with van der Waals surface area (Å²) in [5.74, 6) is 1.34. The number of aryl methyl sites for hydroxylation is 2. The van der Waals surface area contributed by atoms with Gasteiger partial charge in [0, 0.05) is 6.42 Å². The van der Waals surface area contributed by atoms with Crippen LogP contribution in [-0.4, -0.2) is 26.3 Å². The highest BCUT2D eigenvalue weighted by Crippen LogP contribution is 2.25. The monoisotopic (exact) mass is 340 g/mol. The largest absolute Gasteiger partial charge is 0.493 e. The van der Waals surface area contributed by atoms with Crippen LogP contribution < -0.4 is 9.47 Å². The van der Waals surface area contributed by atoms with Crippen molar-refractivity contribution in [2.24, 2.45) is 0 Å². The van der Waals surface area contributed by atoms with Crippen LogP contribution in [0.2, 0.25) is 0 Å². The second kappa shape index (κ2) is 8.56. The molecule has 1 aliphatic carbocycles. The van der Waals surface area contributed by atoms with Crippen LogP contribution in [0, 0.1) is 0 Å². The normalized spacial score (nSPS) is 13.0. The van der Waals surface area contributed by atoms with Crippen LogP contribution in [0.3, 0.4) is 0 Å². The quantitative estimate of drug-likeness (QED) is 0.560. The van der Waals surface area contributed by atoms with Crippen molar-refractivity contribution in [1.29, 1.82) is 0 Å². The van der Waals surface area contributed by atoms with Crippen molar-refractivity contribution in [1.82, 2.24) is 0 Å². The van der Waals surface area contributed by atoms with E-state index in [0.717, 1.165) is 24.3 Å². The number of benzene rings is 2. The first kappa shape index (κ1) is 17.3. The number of rotatable bonds is 7. The Balaban J connectivity index is 1.39. The Bertz CT molecular complexity index is 706. The second-order valence-electron chi connectivity index (χ2n) is 6.20. The number of fused-ring (bicyclic) bond motifs is 1. The van der Waals surface area contributed by atoms with E-state index >= 15 is 0 Å². The van der Waals surface area contributed by atoms with E-state index in [2.05, 4.69) is 22.9 Å². The Morgan fingerprint density at radius 3 is 2.24 bits per heavy atom. The molecule has 2 aromatic rings. The highest BCUT2D eigenvalue weighted by atomic mass is 16.5. The Labute approximate surface area is 148 Å². The fraction of sp³-hybridized carbons (Fsp3) is 0.381. The summed E-state index contributed by atoms with van der Waals surface area (Å²) in [7, 11) is 1.37. The van der Waals surface area contributed by atoms with Gasteiger partial charge < -0.3 is 14.2 Å². The van der Waals surface area contributed by atoms with Gasteiger partial charge in [-0.25, -0.2) is 4.79 Å².